The lowest BCUT2D eigenvalue weighted by molar-refractivity contribution is 0.0706. The number of hydrogen-bond donors (Lipinski definition) is 1. The van der Waals surface area contributed by atoms with Crippen LogP contribution in [-0.4, -0.2) is 36.0 Å². The van der Waals surface area contributed by atoms with Crippen LogP contribution in [0, 0.1) is 11.6 Å². The molecule has 2 unspecified atom stereocenters. The van der Waals surface area contributed by atoms with E-state index < -0.39 is 17.5 Å². The third kappa shape index (κ3) is 2.42. The minimum Gasteiger partial charge on any atom is -0.334 e. The molecule has 20 heavy (non-hydrogen) atoms. The van der Waals surface area contributed by atoms with Crippen molar-refractivity contribution >= 4 is 5.91 Å². The van der Waals surface area contributed by atoms with Crippen LogP contribution in [0.4, 0.5) is 8.78 Å². The number of benzene rings is 1. The molecule has 2 saturated heterocycles. The van der Waals surface area contributed by atoms with Crippen molar-refractivity contribution in [2.75, 3.05) is 13.1 Å². The van der Waals surface area contributed by atoms with E-state index in [0.717, 1.165) is 50.4 Å². The van der Waals surface area contributed by atoms with Gasteiger partial charge in [-0.3, -0.25) is 4.79 Å². The van der Waals surface area contributed by atoms with E-state index in [9.17, 15) is 13.6 Å². The maximum Gasteiger partial charge on any atom is 0.257 e. The van der Waals surface area contributed by atoms with E-state index in [1.807, 2.05) is 0 Å². The van der Waals surface area contributed by atoms with Crippen LogP contribution >= 0.6 is 0 Å². The molecule has 0 bridgehead atoms. The van der Waals surface area contributed by atoms with E-state index in [4.69, 9.17) is 0 Å². The summed E-state index contributed by atoms with van der Waals surface area (Å²) in [6.45, 7) is 1.59. The molecule has 1 N–H and O–H groups in total. The van der Waals surface area contributed by atoms with Gasteiger partial charge in [0.15, 0.2) is 0 Å². The smallest absolute Gasteiger partial charge is 0.257 e. The van der Waals surface area contributed by atoms with Crippen molar-refractivity contribution in [3.8, 4) is 0 Å². The summed E-state index contributed by atoms with van der Waals surface area (Å²) in [4.78, 5) is 14.2. The maximum atomic E-state index is 13.7. The highest BCUT2D eigenvalue weighted by atomic mass is 19.1. The molecule has 2 atom stereocenters. The molecule has 2 heterocycles. The zero-order valence-corrected chi connectivity index (χ0v) is 11.2. The third-order valence-corrected chi connectivity index (χ3v) is 4.28. The molecule has 1 aromatic rings. The molecule has 1 aromatic carbocycles. The molecule has 108 valence electrons. The molecule has 0 spiro atoms. The predicted octanol–water partition coefficient (Wildman–Crippen LogP) is 2.32. The Morgan fingerprint density at radius 3 is 2.85 bits per heavy atom. The third-order valence-electron chi connectivity index (χ3n) is 4.28. The monoisotopic (exact) mass is 280 g/mol. The predicted molar refractivity (Wildman–Crippen MR) is 71.4 cm³/mol. The van der Waals surface area contributed by atoms with Gasteiger partial charge in [-0.25, -0.2) is 8.78 Å². The standard InChI is InChI=1S/C15H18F2N2O/c16-10-5-6-12(17)11(9-10)15(20)19-8-2-4-14(19)13-3-1-7-18-13/h5-6,9,13-14,18H,1-4,7-8H2. The fourth-order valence-electron chi connectivity index (χ4n) is 3.32. The van der Waals surface area contributed by atoms with E-state index in [-0.39, 0.29) is 17.6 Å². The highest BCUT2D eigenvalue weighted by Gasteiger charge is 2.36. The second-order valence-corrected chi connectivity index (χ2v) is 5.54. The Morgan fingerprint density at radius 2 is 2.10 bits per heavy atom. The van der Waals surface area contributed by atoms with Gasteiger partial charge in [0.05, 0.1) is 5.56 Å². The first-order chi connectivity index (χ1) is 9.66. The summed E-state index contributed by atoms with van der Waals surface area (Å²) in [6, 6.07) is 3.44. The molecule has 5 heteroatoms. The Balaban J connectivity index is 1.83. The van der Waals surface area contributed by atoms with E-state index in [1.54, 1.807) is 4.90 Å². The number of nitrogens with one attached hydrogen (secondary N) is 1. The molecule has 2 aliphatic heterocycles. The maximum absolute atomic E-state index is 13.7. The number of rotatable bonds is 2. The van der Waals surface area contributed by atoms with Gasteiger partial charge in [0.1, 0.15) is 11.6 Å². The van der Waals surface area contributed by atoms with Crippen molar-refractivity contribution in [2.45, 2.75) is 37.8 Å². The van der Waals surface area contributed by atoms with Gasteiger partial charge in [-0.05, 0) is 50.4 Å². The van der Waals surface area contributed by atoms with Crippen LogP contribution in [0.15, 0.2) is 18.2 Å². The average Bonchev–Trinajstić information content (AvgIpc) is 3.10. The largest absolute Gasteiger partial charge is 0.334 e. The van der Waals surface area contributed by atoms with Crippen molar-refractivity contribution < 1.29 is 13.6 Å². The van der Waals surface area contributed by atoms with Gasteiger partial charge in [0.25, 0.3) is 5.91 Å². The fourth-order valence-corrected chi connectivity index (χ4v) is 3.32. The first kappa shape index (κ1) is 13.5. The molecule has 1 amide bonds. The molecular weight excluding hydrogens is 262 g/mol. The second kappa shape index (κ2) is 5.48. The fraction of sp³-hybridized carbons (Fsp3) is 0.533. The second-order valence-electron chi connectivity index (χ2n) is 5.54. The Hall–Kier alpha value is -1.49. The Bertz CT molecular complexity index is 515. The Morgan fingerprint density at radius 1 is 1.25 bits per heavy atom. The SMILES string of the molecule is O=C(c1cc(F)ccc1F)N1CCCC1C1CCCN1. The Kier molecular flexibility index (Phi) is 3.70. The minimum atomic E-state index is -0.651. The molecule has 0 radical (unpaired) electrons. The highest BCUT2D eigenvalue weighted by Crippen LogP contribution is 2.27. The average molecular weight is 280 g/mol. The van der Waals surface area contributed by atoms with Gasteiger partial charge in [0, 0.05) is 18.6 Å². The van der Waals surface area contributed by atoms with Crippen LogP contribution in [0.25, 0.3) is 0 Å². The topological polar surface area (TPSA) is 32.3 Å². The number of amides is 1. The van der Waals surface area contributed by atoms with Crippen LogP contribution in [0.3, 0.4) is 0 Å². The van der Waals surface area contributed by atoms with E-state index in [1.165, 1.54) is 0 Å². The summed E-state index contributed by atoms with van der Waals surface area (Å²) in [6.07, 6.45) is 4.00. The Labute approximate surface area is 117 Å². The highest BCUT2D eigenvalue weighted by molar-refractivity contribution is 5.95. The number of carbonyl (C=O) groups is 1. The van der Waals surface area contributed by atoms with Gasteiger partial charge in [-0.15, -0.1) is 0 Å². The molecule has 3 rings (SSSR count). The van der Waals surface area contributed by atoms with Gasteiger partial charge < -0.3 is 10.2 Å². The normalized spacial score (nSPS) is 26.2. The first-order valence-corrected chi connectivity index (χ1v) is 7.16. The molecule has 0 aromatic heterocycles. The van der Waals surface area contributed by atoms with Crippen LogP contribution in [0.5, 0.6) is 0 Å². The number of likely N-dealkylation sites (tertiary alicyclic amines) is 1. The lowest BCUT2D eigenvalue weighted by Gasteiger charge is -2.29. The summed E-state index contributed by atoms with van der Waals surface area (Å²) in [5.74, 6) is -1.62. The molecule has 0 saturated carbocycles. The zero-order valence-electron chi connectivity index (χ0n) is 11.2. The van der Waals surface area contributed by atoms with Gasteiger partial charge in [-0.1, -0.05) is 0 Å². The number of carbonyl (C=O) groups excluding carboxylic acids is 1. The van der Waals surface area contributed by atoms with Crippen LogP contribution in [-0.2, 0) is 0 Å². The molecule has 3 nitrogen and oxygen atoms in total. The van der Waals surface area contributed by atoms with Crippen molar-refractivity contribution in [1.82, 2.24) is 10.2 Å². The number of nitrogens with zero attached hydrogens (tertiary/aromatic N) is 1. The van der Waals surface area contributed by atoms with Crippen LogP contribution in [0.2, 0.25) is 0 Å². The van der Waals surface area contributed by atoms with Crippen LogP contribution < -0.4 is 5.32 Å². The van der Waals surface area contributed by atoms with Gasteiger partial charge in [-0.2, -0.15) is 0 Å². The van der Waals surface area contributed by atoms with Crippen molar-refractivity contribution in [3.63, 3.8) is 0 Å². The quantitative estimate of drug-likeness (QED) is 0.901. The summed E-state index contributed by atoms with van der Waals surface area (Å²) in [5.41, 5.74) is -0.158. The molecule has 0 aliphatic carbocycles. The molecule has 2 aliphatic rings. The van der Waals surface area contributed by atoms with Gasteiger partial charge >= 0.3 is 0 Å². The number of hydrogen-bond acceptors (Lipinski definition) is 2. The summed E-state index contributed by atoms with van der Waals surface area (Å²) in [7, 11) is 0. The lowest BCUT2D eigenvalue weighted by Crippen LogP contribution is -2.46. The number of halogens is 2. The van der Waals surface area contributed by atoms with Crippen molar-refractivity contribution in [3.05, 3.63) is 35.4 Å². The lowest BCUT2D eigenvalue weighted by atomic mass is 10.0. The summed E-state index contributed by atoms with van der Waals surface area (Å²) >= 11 is 0. The first-order valence-electron chi connectivity index (χ1n) is 7.16. The van der Waals surface area contributed by atoms with Gasteiger partial charge in [0.2, 0.25) is 0 Å². The van der Waals surface area contributed by atoms with Crippen molar-refractivity contribution in [1.29, 1.82) is 0 Å². The zero-order chi connectivity index (χ0) is 14.1. The van der Waals surface area contributed by atoms with E-state index in [0.29, 0.717) is 6.54 Å². The summed E-state index contributed by atoms with van der Waals surface area (Å²) < 4.78 is 27.0. The van der Waals surface area contributed by atoms with E-state index in [2.05, 4.69) is 5.32 Å². The summed E-state index contributed by atoms with van der Waals surface area (Å²) in [5, 5.41) is 3.40. The molecule has 2 fully saturated rings. The molecular formula is C15H18F2N2O. The van der Waals surface area contributed by atoms with E-state index >= 15 is 0 Å². The van der Waals surface area contributed by atoms with Crippen molar-refractivity contribution in [2.24, 2.45) is 0 Å². The van der Waals surface area contributed by atoms with Crippen LogP contribution in [0.1, 0.15) is 36.0 Å². The minimum absolute atomic E-state index is 0.104.